The summed E-state index contributed by atoms with van der Waals surface area (Å²) in [7, 11) is 0. The van der Waals surface area contributed by atoms with E-state index >= 15 is 0 Å². The van der Waals surface area contributed by atoms with Gasteiger partial charge in [0.1, 0.15) is 11.3 Å². The highest BCUT2D eigenvalue weighted by atomic mass is 16.5. The summed E-state index contributed by atoms with van der Waals surface area (Å²) in [6.45, 7) is 2.34. The summed E-state index contributed by atoms with van der Waals surface area (Å²) in [4.78, 5) is 4.24. The molecule has 2 heterocycles. The molecule has 0 fully saturated rings. The van der Waals surface area contributed by atoms with Gasteiger partial charge in [-0.15, -0.1) is 0 Å². The zero-order valence-electron chi connectivity index (χ0n) is 7.90. The third-order valence-corrected chi connectivity index (χ3v) is 1.89. The van der Waals surface area contributed by atoms with Gasteiger partial charge in [0.2, 0.25) is 5.90 Å². The molecular weight excluding hydrogens is 178 g/mol. The number of hydrogen-bond donors (Lipinski definition) is 1. The van der Waals surface area contributed by atoms with Crippen molar-refractivity contribution >= 4 is 11.5 Å². The van der Waals surface area contributed by atoms with E-state index in [4.69, 9.17) is 10.1 Å². The van der Waals surface area contributed by atoms with Crippen LogP contribution in [0, 0.1) is 5.41 Å². The van der Waals surface area contributed by atoms with Crippen LogP contribution in [0.1, 0.15) is 12.6 Å². The van der Waals surface area contributed by atoms with E-state index in [1.54, 1.807) is 6.20 Å². The first-order valence-corrected chi connectivity index (χ1v) is 4.46. The fraction of sp³-hybridized carbons (Fsp3) is 0.200. The first-order valence-electron chi connectivity index (χ1n) is 4.46. The van der Waals surface area contributed by atoms with Crippen LogP contribution in [0.3, 0.4) is 0 Å². The number of hydrogen-bond acceptors (Lipinski definition) is 3. The Kier molecular flexibility index (Phi) is 2.18. The second-order valence-corrected chi connectivity index (χ2v) is 2.85. The van der Waals surface area contributed by atoms with E-state index in [0.717, 1.165) is 5.65 Å². The molecule has 0 aliphatic heterocycles. The summed E-state index contributed by atoms with van der Waals surface area (Å²) in [5.74, 6) is 0.121. The third-order valence-electron chi connectivity index (χ3n) is 1.89. The van der Waals surface area contributed by atoms with Gasteiger partial charge in [0.15, 0.2) is 0 Å². The number of aromatic nitrogens is 2. The van der Waals surface area contributed by atoms with Gasteiger partial charge < -0.3 is 9.14 Å². The van der Waals surface area contributed by atoms with E-state index in [0.29, 0.717) is 12.3 Å². The zero-order valence-corrected chi connectivity index (χ0v) is 7.90. The van der Waals surface area contributed by atoms with Gasteiger partial charge in [0.05, 0.1) is 6.61 Å². The quantitative estimate of drug-likeness (QED) is 0.577. The van der Waals surface area contributed by atoms with E-state index in [9.17, 15) is 0 Å². The Morgan fingerprint density at radius 1 is 1.57 bits per heavy atom. The second kappa shape index (κ2) is 3.49. The van der Waals surface area contributed by atoms with Gasteiger partial charge in [0, 0.05) is 12.4 Å². The highest BCUT2D eigenvalue weighted by Crippen LogP contribution is 2.05. The van der Waals surface area contributed by atoms with Crippen molar-refractivity contribution in [2.45, 2.75) is 6.92 Å². The molecule has 72 valence electrons. The summed E-state index contributed by atoms with van der Waals surface area (Å²) in [5, 5.41) is 7.56. The number of fused-ring (bicyclic) bond motifs is 1. The highest BCUT2D eigenvalue weighted by Gasteiger charge is 2.06. The summed E-state index contributed by atoms with van der Waals surface area (Å²) in [6, 6.07) is 5.72. The largest absolute Gasteiger partial charge is 0.477 e. The Morgan fingerprint density at radius 2 is 2.43 bits per heavy atom. The van der Waals surface area contributed by atoms with Crippen molar-refractivity contribution in [3.8, 4) is 0 Å². The molecule has 0 bridgehead atoms. The normalized spacial score (nSPS) is 10.4. The van der Waals surface area contributed by atoms with Gasteiger partial charge in [-0.05, 0) is 19.1 Å². The topological polar surface area (TPSA) is 50.4 Å². The van der Waals surface area contributed by atoms with Crippen LogP contribution in [0.2, 0.25) is 0 Å². The molecule has 0 aliphatic carbocycles. The molecule has 0 spiro atoms. The van der Waals surface area contributed by atoms with E-state index in [1.165, 1.54) is 0 Å². The fourth-order valence-corrected chi connectivity index (χ4v) is 1.26. The van der Waals surface area contributed by atoms with Gasteiger partial charge in [-0.2, -0.15) is 0 Å². The minimum atomic E-state index is 0.121. The molecule has 0 radical (unpaired) electrons. The predicted octanol–water partition coefficient (Wildman–Crippen LogP) is 1.70. The molecule has 2 rings (SSSR count). The lowest BCUT2D eigenvalue weighted by molar-refractivity contribution is 0.324. The Bertz CT molecular complexity index is 428. The molecule has 0 unspecified atom stereocenters. The van der Waals surface area contributed by atoms with Crippen LogP contribution in [0.5, 0.6) is 0 Å². The zero-order chi connectivity index (χ0) is 9.97. The Labute approximate surface area is 81.7 Å². The maximum atomic E-state index is 7.56. The molecule has 0 saturated heterocycles. The molecule has 2 aromatic rings. The van der Waals surface area contributed by atoms with Crippen LogP contribution in [0.4, 0.5) is 0 Å². The van der Waals surface area contributed by atoms with Crippen molar-refractivity contribution in [2.75, 3.05) is 6.61 Å². The van der Waals surface area contributed by atoms with Crippen molar-refractivity contribution in [2.24, 2.45) is 0 Å². The van der Waals surface area contributed by atoms with Gasteiger partial charge in [-0.25, -0.2) is 4.98 Å². The Morgan fingerprint density at radius 3 is 3.14 bits per heavy atom. The van der Waals surface area contributed by atoms with Crippen molar-refractivity contribution in [3.63, 3.8) is 0 Å². The van der Waals surface area contributed by atoms with Gasteiger partial charge in [0.25, 0.3) is 0 Å². The minimum absolute atomic E-state index is 0.121. The van der Waals surface area contributed by atoms with Crippen molar-refractivity contribution in [1.29, 1.82) is 5.41 Å². The maximum Gasteiger partial charge on any atom is 0.234 e. The number of nitrogens with zero attached hydrogens (tertiary/aromatic N) is 2. The average Bonchev–Trinajstić information content (AvgIpc) is 2.61. The second-order valence-electron chi connectivity index (χ2n) is 2.85. The van der Waals surface area contributed by atoms with Crippen LogP contribution in [-0.4, -0.2) is 21.9 Å². The van der Waals surface area contributed by atoms with Gasteiger partial charge >= 0.3 is 0 Å². The van der Waals surface area contributed by atoms with Crippen LogP contribution in [0.25, 0.3) is 5.65 Å². The summed E-state index contributed by atoms with van der Waals surface area (Å²) >= 11 is 0. The molecule has 0 atom stereocenters. The molecule has 0 aromatic carbocycles. The maximum absolute atomic E-state index is 7.56. The van der Waals surface area contributed by atoms with Gasteiger partial charge in [-0.1, -0.05) is 6.07 Å². The Hall–Kier alpha value is -1.84. The summed E-state index contributed by atoms with van der Waals surface area (Å²) < 4.78 is 6.93. The lowest BCUT2D eigenvalue weighted by atomic mass is 10.5. The third kappa shape index (κ3) is 1.46. The van der Waals surface area contributed by atoms with Crippen LogP contribution in [0.15, 0.2) is 30.6 Å². The first kappa shape index (κ1) is 8.74. The number of imidazole rings is 1. The van der Waals surface area contributed by atoms with E-state index in [2.05, 4.69) is 4.98 Å². The SMILES string of the molecule is CCOC(=N)c1cn2ccccc2n1. The molecule has 1 N–H and O–H groups in total. The van der Waals surface area contributed by atoms with Crippen LogP contribution in [-0.2, 0) is 4.74 Å². The summed E-state index contributed by atoms with van der Waals surface area (Å²) in [6.07, 6.45) is 3.68. The van der Waals surface area contributed by atoms with Gasteiger partial charge in [-0.3, -0.25) is 5.41 Å². The molecule has 0 amide bonds. The molecular formula is C10H11N3O. The lowest BCUT2D eigenvalue weighted by Gasteiger charge is -1.98. The predicted molar refractivity (Wildman–Crippen MR) is 53.6 cm³/mol. The smallest absolute Gasteiger partial charge is 0.234 e. The molecule has 0 aliphatic rings. The molecule has 4 heteroatoms. The number of rotatable bonds is 2. The molecule has 14 heavy (non-hydrogen) atoms. The van der Waals surface area contributed by atoms with E-state index in [-0.39, 0.29) is 5.90 Å². The van der Waals surface area contributed by atoms with Crippen LogP contribution < -0.4 is 0 Å². The molecule has 0 saturated carbocycles. The van der Waals surface area contributed by atoms with E-state index in [1.807, 2.05) is 35.7 Å². The van der Waals surface area contributed by atoms with E-state index < -0.39 is 0 Å². The minimum Gasteiger partial charge on any atom is -0.477 e. The molecule has 2 aromatic heterocycles. The Balaban J connectivity index is 2.40. The monoisotopic (exact) mass is 189 g/mol. The summed E-state index contributed by atoms with van der Waals surface area (Å²) in [5.41, 5.74) is 1.39. The first-order chi connectivity index (χ1) is 6.81. The number of pyridine rings is 1. The van der Waals surface area contributed by atoms with Crippen molar-refractivity contribution in [3.05, 3.63) is 36.3 Å². The highest BCUT2D eigenvalue weighted by molar-refractivity contribution is 5.90. The number of nitrogens with one attached hydrogen (secondary N) is 1. The standard InChI is InChI=1S/C10H11N3O/c1-2-14-10(11)8-7-13-6-4-3-5-9(13)12-8/h3-7,11H,2H2,1H3. The molecule has 4 nitrogen and oxygen atoms in total. The number of ether oxygens (including phenoxy) is 1. The average molecular weight is 189 g/mol. The fourth-order valence-electron chi connectivity index (χ4n) is 1.26. The van der Waals surface area contributed by atoms with Crippen molar-refractivity contribution < 1.29 is 4.74 Å². The van der Waals surface area contributed by atoms with Crippen molar-refractivity contribution in [1.82, 2.24) is 9.38 Å². The lowest BCUT2D eigenvalue weighted by Crippen LogP contribution is -2.04. The van der Waals surface area contributed by atoms with Crippen LogP contribution >= 0.6 is 0 Å².